The monoisotopic (exact) mass is 324 g/mol. The van der Waals surface area contributed by atoms with Crippen LogP contribution < -0.4 is 0 Å². The maximum Gasteiger partial charge on any atom is 0.216 e. The van der Waals surface area contributed by atoms with Crippen LogP contribution in [0, 0.1) is 0 Å². The van der Waals surface area contributed by atoms with Crippen LogP contribution >= 0.6 is 0 Å². The average Bonchev–Trinajstić information content (AvgIpc) is 3.06. The van der Waals surface area contributed by atoms with Gasteiger partial charge in [0.15, 0.2) is 0 Å². The van der Waals surface area contributed by atoms with Crippen LogP contribution in [0.4, 0.5) is 0 Å². The Bertz CT molecular complexity index is 683. The van der Waals surface area contributed by atoms with Crippen molar-refractivity contribution in [3.05, 3.63) is 42.5 Å². The lowest BCUT2D eigenvalue weighted by atomic mass is 10.1. The Balaban J connectivity index is 2.14. The van der Waals surface area contributed by atoms with Gasteiger partial charge in [0.25, 0.3) is 0 Å². The van der Waals surface area contributed by atoms with Crippen molar-refractivity contribution in [1.29, 1.82) is 0 Å². The SMILES string of the molecule is COCCS(=O)(=O)N(C)[C@H](C)c1ccc(-n2cncn2)cc1. The lowest BCUT2D eigenvalue weighted by molar-refractivity contribution is 0.215. The minimum atomic E-state index is -3.34. The molecule has 1 atom stereocenters. The van der Waals surface area contributed by atoms with Crippen molar-refractivity contribution < 1.29 is 13.2 Å². The summed E-state index contributed by atoms with van der Waals surface area (Å²) in [6.45, 7) is 2.04. The molecule has 2 rings (SSSR count). The van der Waals surface area contributed by atoms with E-state index in [1.165, 1.54) is 17.7 Å². The Morgan fingerprint density at radius 3 is 2.55 bits per heavy atom. The van der Waals surface area contributed by atoms with Crippen molar-refractivity contribution in [2.24, 2.45) is 0 Å². The normalized spacial score (nSPS) is 13.5. The zero-order valence-corrected chi connectivity index (χ0v) is 13.7. The van der Waals surface area contributed by atoms with Gasteiger partial charge in [0.1, 0.15) is 12.7 Å². The van der Waals surface area contributed by atoms with E-state index >= 15 is 0 Å². The molecule has 0 amide bonds. The molecule has 7 nitrogen and oxygen atoms in total. The Kier molecular flexibility index (Phi) is 5.28. The second kappa shape index (κ2) is 6.99. The first-order valence-electron chi connectivity index (χ1n) is 6.85. The summed E-state index contributed by atoms with van der Waals surface area (Å²) >= 11 is 0. The van der Waals surface area contributed by atoms with Gasteiger partial charge >= 0.3 is 0 Å². The van der Waals surface area contributed by atoms with Crippen LogP contribution in [0.2, 0.25) is 0 Å². The number of sulfonamides is 1. The Morgan fingerprint density at radius 1 is 1.32 bits per heavy atom. The van der Waals surface area contributed by atoms with Crippen molar-refractivity contribution >= 4 is 10.0 Å². The lowest BCUT2D eigenvalue weighted by Gasteiger charge is -2.24. The minimum Gasteiger partial charge on any atom is -0.384 e. The average molecular weight is 324 g/mol. The van der Waals surface area contributed by atoms with Crippen LogP contribution in [0.5, 0.6) is 0 Å². The summed E-state index contributed by atoms with van der Waals surface area (Å²) in [6.07, 6.45) is 3.08. The third-order valence-electron chi connectivity index (χ3n) is 3.59. The molecule has 1 aromatic heterocycles. The molecule has 0 aliphatic rings. The molecule has 120 valence electrons. The highest BCUT2D eigenvalue weighted by Crippen LogP contribution is 2.22. The van der Waals surface area contributed by atoms with Crippen molar-refractivity contribution in [2.75, 3.05) is 26.5 Å². The summed E-state index contributed by atoms with van der Waals surface area (Å²) in [5.41, 5.74) is 1.78. The van der Waals surface area contributed by atoms with Gasteiger partial charge in [-0.1, -0.05) is 12.1 Å². The zero-order chi connectivity index (χ0) is 16.2. The predicted octanol–water partition coefficient (Wildman–Crippen LogP) is 1.24. The second-order valence-corrected chi connectivity index (χ2v) is 7.08. The fraction of sp³-hybridized carbons (Fsp3) is 0.429. The molecule has 0 aliphatic heterocycles. The Hall–Kier alpha value is -1.77. The van der Waals surface area contributed by atoms with Gasteiger partial charge < -0.3 is 4.74 Å². The number of benzene rings is 1. The molecule has 8 heteroatoms. The van der Waals surface area contributed by atoms with Gasteiger partial charge in [0, 0.05) is 20.2 Å². The first-order chi connectivity index (χ1) is 10.5. The summed E-state index contributed by atoms with van der Waals surface area (Å²) in [7, 11) is -0.270. The van der Waals surface area contributed by atoms with Gasteiger partial charge in [-0.15, -0.1) is 0 Å². The molecular formula is C14H20N4O3S. The predicted molar refractivity (Wildman–Crippen MR) is 83.2 cm³/mol. The van der Waals surface area contributed by atoms with Crippen LogP contribution in [0.3, 0.4) is 0 Å². The van der Waals surface area contributed by atoms with Crippen LogP contribution in [0.25, 0.3) is 5.69 Å². The van der Waals surface area contributed by atoms with Gasteiger partial charge in [-0.25, -0.2) is 18.1 Å². The molecule has 0 fully saturated rings. The smallest absolute Gasteiger partial charge is 0.216 e. The molecule has 0 spiro atoms. The van der Waals surface area contributed by atoms with Crippen LogP contribution in [-0.4, -0.2) is 54.0 Å². The molecule has 1 aromatic carbocycles. The van der Waals surface area contributed by atoms with Crippen molar-refractivity contribution in [3.63, 3.8) is 0 Å². The van der Waals surface area contributed by atoms with Crippen molar-refractivity contribution in [2.45, 2.75) is 13.0 Å². The summed E-state index contributed by atoms with van der Waals surface area (Å²) in [4.78, 5) is 3.90. The summed E-state index contributed by atoms with van der Waals surface area (Å²) in [5.74, 6) is -0.0264. The Morgan fingerprint density at radius 2 is 2.00 bits per heavy atom. The summed E-state index contributed by atoms with van der Waals surface area (Å²) in [6, 6.07) is 7.30. The van der Waals surface area contributed by atoms with Gasteiger partial charge in [0.05, 0.1) is 18.0 Å². The van der Waals surface area contributed by atoms with Crippen LogP contribution in [-0.2, 0) is 14.8 Å². The molecule has 0 saturated heterocycles. The molecule has 2 aromatic rings. The molecule has 0 saturated carbocycles. The second-order valence-electron chi connectivity index (χ2n) is 4.93. The molecule has 0 unspecified atom stereocenters. The zero-order valence-electron chi connectivity index (χ0n) is 12.9. The molecular weight excluding hydrogens is 304 g/mol. The molecule has 0 N–H and O–H groups in total. The number of hydrogen-bond acceptors (Lipinski definition) is 5. The maximum atomic E-state index is 12.2. The quantitative estimate of drug-likeness (QED) is 0.766. The molecule has 0 aliphatic carbocycles. The summed E-state index contributed by atoms with van der Waals surface area (Å²) < 4.78 is 32.2. The Labute approximate surface area is 130 Å². The fourth-order valence-electron chi connectivity index (χ4n) is 2.03. The first-order valence-corrected chi connectivity index (χ1v) is 8.46. The number of rotatable bonds is 7. The third-order valence-corrected chi connectivity index (χ3v) is 5.46. The highest BCUT2D eigenvalue weighted by Gasteiger charge is 2.24. The molecule has 0 radical (unpaired) electrons. The fourth-order valence-corrected chi connectivity index (χ4v) is 3.30. The maximum absolute atomic E-state index is 12.2. The number of ether oxygens (including phenoxy) is 1. The topological polar surface area (TPSA) is 77.3 Å². The van der Waals surface area contributed by atoms with E-state index < -0.39 is 10.0 Å². The lowest BCUT2D eigenvalue weighted by Crippen LogP contribution is -2.33. The van der Waals surface area contributed by atoms with E-state index in [0.717, 1.165) is 11.3 Å². The highest BCUT2D eigenvalue weighted by molar-refractivity contribution is 7.89. The van der Waals surface area contributed by atoms with Crippen LogP contribution in [0.1, 0.15) is 18.5 Å². The van der Waals surface area contributed by atoms with Gasteiger partial charge in [-0.2, -0.15) is 9.40 Å². The largest absolute Gasteiger partial charge is 0.384 e. The van der Waals surface area contributed by atoms with Crippen LogP contribution in [0.15, 0.2) is 36.9 Å². The van der Waals surface area contributed by atoms with E-state index in [0.29, 0.717) is 0 Å². The minimum absolute atomic E-state index is 0.0264. The molecule has 0 bridgehead atoms. The van der Waals surface area contributed by atoms with E-state index in [4.69, 9.17) is 4.74 Å². The standard InChI is InChI=1S/C14H20N4O3S/c1-12(17(2)22(19,20)9-8-21-3)13-4-6-14(7-5-13)18-11-15-10-16-18/h4-7,10-12H,8-9H2,1-3H3/t12-/m1/s1. The first kappa shape index (κ1) is 16.6. The number of methoxy groups -OCH3 is 1. The summed E-state index contributed by atoms with van der Waals surface area (Å²) in [5, 5.41) is 4.05. The van der Waals surface area contributed by atoms with Gasteiger partial charge in [0.2, 0.25) is 10.0 Å². The molecule has 1 heterocycles. The van der Waals surface area contributed by atoms with E-state index in [2.05, 4.69) is 10.1 Å². The van der Waals surface area contributed by atoms with Crippen molar-refractivity contribution in [1.82, 2.24) is 19.1 Å². The van der Waals surface area contributed by atoms with E-state index in [1.54, 1.807) is 18.1 Å². The van der Waals surface area contributed by atoms with E-state index in [-0.39, 0.29) is 18.4 Å². The third kappa shape index (κ3) is 3.70. The van der Waals surface area contributed by atoms with Crippen molar-refractivity contribution in [3.8, 4) is 5.69 Å². The number of aromatic nitrogens is 3. The van der Waals surface area contributed by atoms with E-state index in [1.807, 2.05) is 31.2 Å². The highest BCUT2D eigenvalue weighted by atomic mass is 32.2. The number of hydrogen-bond donors (Lipinski definition) is 0. The molecule has 22 heavy (non-hydrogen) atoms. The number of nitrogens with zero attached hydrogens (tertiary/aromatic N) is 4. The van der Waals surface area contributed by atoms with Gasteiger partial charge in [-0.3, -0.25) is 0 Å². The van der Waals surface area contributed by atoms with Gasteiger partial charge in [-0.05, 0) is 24.6 Å². The van der Waals surface area contributed by atoms with E-state index in [9.17, 15) is 8.42 Å².